The summed E-state index contributed by atoms with van der Waals surface area (Å²) in [6.07, 6.45) is 6.96. The van der Waals surface area contributed by atoms with Crippen LogP contribution in [-0.2, 0) is 0 Å². The van der Waals surface area contributed by atoms with Gasteiger partial charge in [0.25, 0.3) is 0 Å². The molecule has 0 aliphatic rings. The van der Waals surface area contributed by atoms with Gasteiger partial charge in [0, 0.05) is 0 Å². The van der Waals surface area contributed by atoms with Crippen LogP contribution in [0.4, 0.5) is 0 Å². The van der Waals surface area contributed by atoms with Crippen LogP contribution in [0.15, 0.2) is 23.8 Å². The Hall–Kier alpha value is -0.520. The van der Waals surface area contributed by atoms with E-state index in [1.807, 2.05) is 0 Å². The van der Waals surface area contributed by atoms with Crippen LogP contribution in [0.1, 0.15) is 46.5 Å². The molecule has 0 saturated carbocycles. The maximum Gasteiger partial charge on any atom is -0.0288 e. The van der Waals surface area contributed by atoms with Gasteiger partial charge in [-0.25, -0.2) is 0 Å². The molecule has 0 fully saturated rings. The molecule has 0 heterocycles. The van der Waals surface area contributed by atoms with E-state index in [1.165, 1.54) is 24.0 Å². The van der Waals surface area contributed by atoms with Crippen molar-refractivity contribution in [1.82, 2.24) is 0 Å². The lowest BCUT2D eigenvalue weighted by molar-refractivity contribution is 0.901. The van der Waals surface area contributed by atoms with E-state index in [4.69, 9.17) is 0 Å². The van der Waals surface area contributed by atoms with Crippen molar-refractivity contribution in [2.45, 2.75) is 46.5 Å². The van der Waals surface area contributed by atoms with Crippen molar-refractivity contribution in [2.75, 3.05) is 0 Å². The molecule has 0 radical (unpaired) electrons. The summed E-state index contributed by atoms with van der Waals surface area (Å²) in [5, 5.41) is 0. The highest BCUT2D eigenvalue weighted by atomic mass is 13.9. The molecule has 0 aliphatic carbocycles. The first-order valence-corrected chi connectivity index (χ1v) is 4.53. The summed E-state index contributed by atoms with van der Waals surface area (Å²) in [4.78, 5) is 0. The zero-order chi connectivity index (χ0) is 8.69. The molecule has 0 nitrogen and oxygen atoms in total. The Bertz CT molecular complexity index is 140. The molecular formula is C11H20. The summed E-state index contributed by atoms with van der Waals surface area (Å²) >= 11 is 0. The highest BCUT2D eigenvalue weighted by molar-refractivity contribution is 5.01. The highest BCUT2D eigenvalue weighted by Gasteiger charge is 1.88. The van der Waals surface area contributed by atoms with Crippen molar-refractivity contribution in [1.29, 1.82) is 0 Å². The SMILES string of the molecule is C=C(CC)CCC=C(C)CC. The van der Waals surface area contributed by atoms with Crippen LogP contribution < -0.4 is 0 Å². The smallest absolute Gasteiger partial charge is 0.0288 e. The quantitative estimate of drug-likeness (QED) is 0.520. The van der Waals surface area contributed by atoms with Crippen molar-refractivity contribution in [3.05, 3.63) is 23.8 Å². The third-order valence-corrected chi connectivity index (χ3v) is 2.05. The maximum absolute atomic E-state index is 3.97. The number of rotatable bonds is 5. The minimum Gasteiger partial charge on any atom is -0.0999 e. The van der Waals surface area contributed by atoms with Crippen LogP contribution in [0.5, 0.6) is 0 Å². The molecule has 0 heteroatoms. The van der Waals surface area contributed by atoms with Crippen molar-refractivity contribution < 1.29 is 0 Å². The van der Waals surface area contributed by atoms with Crippen molar-refractivity contribution >= 4 is 0 Å². The lowest BCUT2D eigenvalue weighted by Crippen LogP contribution is -1.78. The van der Waals surface area contributed by atoms with Crippen LogP contribution in [-0.4, -0.2) is 0 Å². The first-order chi connectivity index (χ1) is 5.20. The van der Waals surface area contributed by atoms with Gasteiger partial charge in [-0.05, 0) is 32.6 Å². The van der Waals surface area contributed by atoms with Gasteiger partial charge in [-0.15, -0.1) is 0 Å². The molecule has 0 aromatic carbocycles. The fraction of sp³-hybridized carbons (Fsp3) is 0.636. The Morgan fingerprint density at radius 3 is 2.36 bits per heavy atom. The zero-order valence-electron chi connectivity index (χ0n) is 8.11. The highest BCUT2D eigenvalue weighted by Crippen LogP contribution is 2.09. The second-order valence-electron chi connectivity index (χ2n) is 3.05. The molecule has 11 heavy (non-hydrogen) atoms. The summed E-state index contributed by atoms with van der Waals surface area (Å²) in [6, 6.07) is 0. The van der Waals surface area contributed by atoms with E-state index in [-0.39, 0.29) is 0 Å². The van der Waals surface area contributed by atoms with Gasteiger partial charge in [0.1, 0.15) is 0 Å². The lowest BCUT2D eigenvalue weighted by Gasteiger charge is -1.99. The average Bonchev–Trinajstić information content (AvgIpc) is 2.04. The van der Waals surface area contributed by atoms with Gasteiger partial charge in [0.15, 0.2) is 0 Å². The summed E-state index contributed by atoms with van der Waals surface area (Å²) in [5.74, 6) is 0. The largest absolute Gasteiger partial charge is 0.0999 e. The molecule has 0 N–H and O–H groups in total. The third-order valence-electron chi connectivity index (χ3n) is 2.05. The summed E-state index contributed by atoms with van der Waals surface area (Å²) < 4.78 is 0. The van der Waals surface area contributed by atoms with Gasteiger partial charge in [0.2, 0.25) is 0 Å². The third kappa shape index (κ3) is 5.90. The molecule has 0 rings (SSSR count). The standard InChI is InChI=1S/C11H20/c1-5-10(3)8-7-9-11(4)6-2/h9H,3,5-8H2,1-2,4H3. The Balaban J connectivity index is 3.48. The normalized spacial score (nSPS) is 11.7. The topological polar surface area (TPSA) is 0 Å². The Morgan fingerprint density at radius 1 is 1.27 bits per heavy atom. The number of hydrogen-bond donors (Lipinski definition) is 0. The Morgan fingerprint density at radius 2 is 1.91 bits per heavy atom. The summed E-state index contributed by atoms with van der Waals surface area (Å²) in [7, 11) is 0. The zero-order valence-corrected chi connectivity index (χ0v) is 8.11. The maximum atomic E-state index is 3.97. The number of hydrogen-bond acceptors (Lipinski definition) is 0. The van der Waals surface area contributed by atoms with E-state index in [2.05, 4.69) is 33.4 Å². The summed E-state index contributed by atoms with van der Waals surface area (Å²) in [5.41, 5.74) is 2.86. The molecule has 0 spiro atoms. The molecule has 0 atom stereocenters. The predicted molar refractivity (Wildman–Crippen MR) is 52.7 cm³/mol. The van der Waals surface area contributed by atoms with E-state index in [0.717, 1.165) is 12.8 Å². The first kappa shape index (κ1) is 10.5. The lowest BCUT2D eigenvalue weighted by atomic mass is 10.1. The van der Waals surface area contributed by atoms with Gasteiger partial charge >= 0.3 is 0 Å². The van der Waals surface area contributed by atoms with E-state index in [0.29, 0.717) is 0 Å². The molecule has 0 unspecified atom stereocenters. The van der Waals surface area contributed by atoms with Gasteiger partial charge in [-0.3, -0.25) is 0 Å². The second-order valence-corrected chi connectivity index (χ2v) is 3.05. The minimum absolute atomic E-state index is 1.12. The van der Waals surface area contributed by atoms with Crippen LogP contribution in [0.2, 0.25) is 0 Å². The number of allylic oxidation sites excluding steroid dienone is 3. The molecule has 0 amide bonds. The van der Waals surface area contributed by atoms with Crippen LogP contribution in [0.3, 0.4) is 0 Å². The fourth-order valence-corrected chi connectivity index (χ4v) is 0.844. The molecule has 64 valence electrons. The average molecular weight is 152 g/mol. The fourth-order valence-electron chi connectivity index (χ4n) is 0.844. The van der Waals surface area contributed by atoms with Gasteiger partial charge in [-0.1, -0.05) is 37.6 Å². The first-order valence-electron chi connectivity index (χ1n) is 4.53. The predicted octanol–water partition coefficient (Wildman–Crippen LogP) is 4.09. The van der Waals surface area contributed by atoms with Crippen LogP contribution in [0, 0.1) is 0 Å². The van der Waals surface area contributed by atoms with E-state index < -0.39 is 0 Å². The molecule has 0 saturated heterocycles. The van der Waals surface area contributed by atoms with Crippen molar-refractivity contribution in [2.24, 2.45) is 0 Å². The van der Waals surface area contributed by atoms with Crippen molar-refractivity contribution in [3.8, 4) is 0 Å². The van der Waals surface area contributed by atoms with Gasteiger partial charge in [0.05, 0.1) is 0 Å². The molecule has 0 bridgehead atoms. The van der Waals surface area contributed by atoms with Crippen LogP contribution in [0.25, 0.3) is 0 Å². The Labute approximate surface area is 71.0 Å². The Kier molecular flexibility index (Phi) is 5.91. The summed E-state index contributed by atoms with van der Waals surface area (Å²) in [6.45, 7) is 10.5. The molecular weight excluding hydrogens is 132 g/mol. The van der Waals surface area contributed by atoms with E-state index >= 15 is 0 Å². The van der Waals surface area contributed by atoms with Gasteiger partial charge < -0.3 is 0 Å². The molecule has 0 aromatic heterocycles. The van der Waals surface area contributed by atoms with E-state index in [1.54, 1.807) is 0 Å². The minimum atomic E-state index is 1.12. The molecule has 0 aliphatic heterocycles. The van der Waals surface area contributed by atoms with Gasteiger partial charge in [-0.2, -0.15) is 0 Å². The molecule has 0 aromatic rings. The van der Waals surface area contributed by atoms with Crippen LogP contribution >= 0.6 is 0 Å². The van der Waals surface area contributed by atoms with E-state index in [9.17, 15) is 0 Å². The monoisotopic (exact) mass is 152 g/mol. The van der Waals surface area contributed by atoms with Crippen molar-refractivity contribution in [3.63, 3.8) is 0 Å². The second kappa shape index (κ2) is 6.21.